The van der Waals surface area contributed by atoms with Crippen LogP contribution < -0.4 is 5.32 Å². The molecule has 0 saturated carbocycles. The van der Waals surface area contributed by atoms with Gasteiger partial charge in [0, 0.05) is 25.1 Å². The minimum Gasteiger partial charge on any atom is -0.464 e. The first-order valence-electron chi connectivity index (χ1n) is 9.08. The van der Waals surface area contributed by atoms with Crippen molar-refractivity contribution >= 4 is 29.0 Å². The second-order valence-corrected chi connectivity index (χ2v) is 7.01. The molecule has 1 aromatic carbocycles. The van der Waals surface area contributed by atoms with E-state index in [0.29, 0.717) is 24.6 Å². The van der Waals surface area contributed by atoms with Crippen LogP contribution in [0.2, 0.25) is 0 Å². The highest BCUT2D eigenvalue weighted by atomic mass is 32.1. The fourth-order valence-corrected chi connectivity index (χ4v) is 3.31. The van der Waals surface area contributed by atoms with Crippen molar-refractivity contribution in [3.05, 3.63) is 45.9 Å². The Morgan fingerprint density at radius 1 is 1.27 bits per heavy atom. The number of aromatic nitrogens is 1. The van der Waals surface area contributed by atoms with Gasteiger partial charge >= 0.3 is 18.2 Å². The molecule has 0 bridgehead atoms. The largest absolute Gasteiger partial charge is 0.464 e. The number of halogens is 3. The molecule has 30 heavy (non-hydrogen) atoms. The number of para-hydroxylation sites is 1. The minimum absolute atomic E-state index is 0.0216. The van der Waals surface area contributed by atoms with E-state index in [4.69, 9.17) is 4.74 Å². The van der Waals surface area contributed by atoms with Crippen molar-refractivity contribution in [1.82, 2.24) is 9.88 Å². The van der Waals surface area contributed by atoms with Crippen molar-refractivity contribution in [1.29, 1.82) is 0 Å². The van der Waals surface area contributed by atoms with Crippen LogP contribution in [-0.2, 0) is 22.2 Å². The van der Waals surface area contributed by atoms with E-state index in [9.17, 15) is 22.8 Å². The summed E-state index contributed by atoms with van der Waals surface area (Å²) >= 11 is 1.15. The highest BCUT2D eigenvalue weighted by molar-refractivity contribution is 7.09. The van der Waals surface area contributed by atoms with Crippen LogP contribution in [0.3, 0.4) is 0 Å². The van der Waals surface area contributed by atoms with Gasteiger partial charge in [0.25, 0.3) is 0 Å². The number of carbonyl (C=O) groups excluding carboxylic acids is 2. The molecule has 2 amide bonds. The number of hydrogen-bond donors (Lipinski definition) is 1. The monoisotopic (exact) mass is 445 g/mol. The quantitative estimate of drug-likeness (QED) is 0.457. The van der Waals surface area contributed by atoms with Crippen LogP contribution in [0.15, 0.2) is 29.6 Å². The molecule has 7 nitrogen and oxygen atoms in total. The molecule has 1 N–H and O–H groups in total. The van der Waals surface area contributed by atoms with E-state index in [2.05, 4.69) is 15.0 Å². The van der Waals surface area contributed by atoms with Crippen LogP contribution in [0.4, 0.5) is 23.7 Å². The van der Waals surface area contributed by atoms with E-state index in [1.165, 1.54) is 35.6 Å². The number of esters is 1. The molecule has 11 heteroatoms. The third-order valence-electron chi connectivity index (χ3n) is 3.95. The fraction of sp³-hybridized carbons (Fsp3) is 0.421. The molecular formula is C19H22F3N3O4S. The summed E-state index contributed by atoms with van der Waals surface area (Å²) in [6, 6.07) is 4.05. The number of benzene rings is 1. The minimum atomic E-state index is -4.60. The number of ether oxygens (including phenoxy) is 2. The van der Waals surface area contributed by atoms with Gasteiger partial charge in [-0.25, -0.2) is 14.6 Å². The van der Waals surface area contributed by atoms with Gasteiger partial charge in [0.15, 0.2) is 5.69 Å². The van der Waals surface area contributed by atoms with Gasteiger partial charge in [0.2, 0.25) is 0 Å². The van der Waals surface area contributed by atoms with E-state index in [1.54, 1.807) is 0 Å². The lowest BCUT2D eigenvalue weighted by Gasteiger charge is -2.23. The summed E-state index contributed by atoms with van der Waals surface area (Å²) in [5.74, 6) is -0.607. The van der Waals surface area contributed by atoms with Crippen LogP contribution in [0, 0.1) is 0 Å². The van der Waals surface area contributed by atoms with E-state index in [1.807, 2.05) is 6.92 Å². The van der Waals surface area contributed by atoms with Gasteiger partial charge in [0.05, 0.1) is 24.9 Å². The Hall–Kier alpha value is -2.66. The summed E-state index contributed by atoms with van der Waals surface area (Å²) in [5, 5.41) is 4.28. The maximum absolute atomic E-state index is 13.2. The van der Waals surface area contributed by atoms with Gasteiger partial charge in [-0.2, -0.15) is 13.2 Å². The summed E-state index contributed by atoms with van der Waals surface area (Å²) < 4.78 is 49.5. The van der Waals surface area contributed by atoms with Gasteiger partial charge in [-0.15, -0.1) is 11.3 Å². The molecular weight excluding hydrogens is 423 g/mol. The molecule has 1 heterocycles. The second kappa shape index (κ2) is 10.9. The number of urea groups is 1. The number of rotatable bonds is 9. The zero-order valence-electron chi connectivity index (χ0n) is 16.5. The maximum Gasteiger partial charge on any atom is 0.418 e. The van der Waals surface area contributed by atoms with Gasteiger partial charge in [-0.05, 0) is 25.5 Å². The Morgan fingerprint density at radius 2 is 2.00 bits per heavy atom. The number of methoxy groups -OCH3 is 1. The van der Waals surface area contributed by atoms with Crippen molar-refractivity contribution in [2.75, 3.05) is 32.2 Å². The first-order valence-corrected chi connectivity index (χ1v) is 9.96. The van der Waals surface area contributed by atoms with Crippen molar-refractivity contribution < 1.29 is 32.2 Å². The molecule has 1 aromatic heterocycles. The molecule has 0 spiro atoms. The van der Waals surface area contributed by atoms with Crippen LogP contribution in [0.1, 0.15) is 34.4 Å². The predicted octanol–water partition coefficient (Wildman–Crippen LogP) is 4.41. The molecule has 2 rings (SSSR count). The molecule has 0 atom stereocenters. The molecule has 0 aliphatic rings. The number of carbonyl (C=O) groups is 2. The van der Waals surface area contributed by atoms with Crippen molar-refractivity contribution in [3.63, 3.8) is 0 Å². The van der Waals surface area contributed by atoms with Gasteiger partial charge < -0.3 is 19.7 Å². The van der Waals surface area contributed by atoms with Crippen LogP contribution in [0.25, 0.3) is 0 Å². The highest BCUT2D eigenvalue weighted by Gasteiger charge is 2.34. The number of nitrogens with one attached hydrogen (secondary N) is 1. The molecule has 0 unspecified atom stereocenters. The van der Waals surface area contributed by atoms with E-state index < -0.39 is 23.7 Å². The Labute approximate surface area is 175 Å². The molecule has 0 radical (unpaired) electrons. The zero-order chi connectivity index (χ0) is 22.1. The number of hydrogen-bond acceptors (Lipinski definition) is 6. The van der Waals surface area contributed by atoms with E-state index in [0.717, 1.165) is 17.4 Å². The summed E-state index contributed by atoms with van der Waals surface area (Å²) in [6.45, 7) is 2.99. The second-order valence-electron chi connectivity index (χ2n) is 6.06. The van der Waals surface area contributed by atoms with Gasteiger partial charge in [-0.1, -0.05) is 12.1 Å². The number of amides is 2. The lowest BCUT2D eigenvalue weighted by molar-refractivity contribution is -0.136. The normalized spacial score (nSPS) is 11.2. The van der Waals surface area contributed by atoms with Crippen LogP contribution in [0.5, 0.6) is 0 Å². The van der Waals surface area contributed by atoms with Crippen LogP contribution in [-0.4, -0.2) is 48.8 Å². The third kappa shape index (κ3) is 6.70. The number of anilines is 1. The maximum atomic E-state index is 13.2. The summed E-state index contributed by atoms with van der Waals surface area (Å²) in [4.78, 5) is 29.8. The Kier molecular flexibility index (Phi) is 8.60. The molecule has 0 fully saturated rings. The van der Waals surface area contributed by atoms with Gasteiger partial charge in [0.1, 0.15) is 5.01 Å². The molecule has 0 aliphatic heterocycles. The third-order valence-corrected chi connectivity index (χ3v) is 4.79. The standard InChI is InChI=1S/C19H22F3N3O4S/c1-3-29-10-6-9-25(11-16-23-15(12-30-16)17(26)28-2)18(27)24-14-8-5-4-7-13(14)19(20,21)22/h4-5,7-8,12H,3,6,9-11H2,1-2H3,(H,24,27). The number of nitrogens with zero attached hydrogens (tertiary/aromatic N) is 2. The smallest absolute Gasteiger partial charge is 0.418 e. The first-order chi connectivity index (χ1) is 14.3. The highest BCUT2D eigenvalue weighted by Crippen LogP contribution is 2.34. The topological polar surface area (TPSA) is 80.8 Å². The zero-order valence-corrected chi connectivity index (χ0v) is 17.3. The number of alkyl halides is 3. The van der Waals surface area contributed by atoms with Crippen molar-refractivity contribution in [2.45, 2.75) is 26.1 Å². The Balaban J connectivity index is 2.17. The lowest BCUT2D eigenvalue weighted by Crippen LogP contribution is -2.36. The first kappa shape index (κ1) is 23.6. The van der Waals surface area contributed by atoms with Crippen molar-refractivity contribution in [3.8, 4) is 0 Å². The molecule has 0 saturated heterocycles. The Morgan fingerprint density at radius 3 is 2.67 bits per heavy atom. The molecule has 0 aliphatic carbocycles. The summed E-state index contributed by atoms with van der Waals surface area (Å²) in [6.07, 6.45) is -4.12. The van der Waals surface area contributed by atoms with E-state index >= 15 is 0 Å². The van der Waals surface area contributed by atoms with Gasteiger partial charge in [-0.3, -0.25) is 0 Å². The average molecular weight is 445 g/mol. The Bertz CT molecular complexity index is 858. The lowest BCUT2D eigenvalue weighted by atomic mass is 10.1. The number of thiazole rings is 1. The SMILES string of the molecule is CCOCCCN(Cc1nc(C(=O)OC)cs1)C(=O)Nc1ccccc1C(F)(F)F. The summed E-state index contributed by atoms with van der Waals surface area (Å²) in [5.41, 5.74) is -1.16. The molecule has 164 valence electrons. The predicted molar refractivity (Wildman–Crippen MR) is 105 cm³/mol. The summed E-state index contributed by atoms with van der Waals surface area (Å²) in [7, 11) is 1.23. The van der Waals surface area contributed by atoms with Crippen LogP contribution >= 0.6 is 11.3 Å². The average Bonchev–Trinajstić information content (AvgIpc) is 3.18. The molecule has 2 aromatic rings. The fourth-order valence-electron chi connectivity index (χ4n) is 2.53. The van der Waals surface area contributed by atoms with Crippen molar-refractivity contribution in [2.24, 2.45) is 0 Å². The van der Waals surface area contributed by atoms with E-state index in [-0.39, 0.29) is 24.5 Å².